The molecule has 0 aliphatic heterocycles. The fraction of sp³-hybridized carbons (Fsp3) is 0. The number of hydrogen-bond acceptors (Lipinski definition) is 2. The van der Waals surface area contributed by atoms with Crippen LogP contribution in [0.3, 0.4) is 0 Å². The molecule has 0 radical (unpaired) electrons. The van der Waals surface area contributed by atoms with Crippen LogP contribution in [0, 0.1) is 0 Å². The molecule has 4 heteroatoms. The zero-order chi connectivity index (χ0) is 50.1. The van der Waals surface area contributed by atoms with Gasteiger partial charge in [-0.2, -0.15) is 0 Å². The lowest BCUT2D eigenvalue weighted by molar-refractivity contribution is 0.669. The van der Waals surface area contributed by atoms with Crippen LogP contribution in [0.4, 0.5) is 17.1 Å². The summed E-state index contributed by atoms with van der Waals surface area (Å²) in [6.07, 6.45) is 0. The Labute approximate surface area is 439 Å². The van der Waals surface area contributed by atoms with E-state index in [1.54, 1.807) is 0 Å². The fourth-order valence-corrected chi connectivity index (χ4v) is 11.6. The van der Waals surface area contributed by atoms with Gasteiger partial charge in [0.1, 0.15) is 11.2 Å². The van der Waals surface area contributed by atoms with Crippen molar-refractivity contribution in [2.75, 3.05) is 4.90 Å². The van der Waals surface area contributed by atoms with Gasteiger partial charge in [0.15, 0.2) is 0 Å². The number of rotatable bonds is 9. The molecule has 12 aromatic carbocycles. The molecule has 0 aliphatic rings. The van der Waals surface area contributed by atoms with E-state index in [1.165, 1.54) is 65.9 Å². The zero-order valence-electron chi connectivity index (χ0n) is 41.4. The zero-order valence-corrected chi connectivity index (χ0v) is 41.4. The summed E-state index contributed by atoms with van der Waals surface area (Å²) in [6.45, 7) is 0. The van der Waals surface area contributed by atoms with Crippen molar-refractivity contribution < 1.29 is 4.42 Å². The van der Waals surface area contributed by atoms with Crippen LogP contribution < -0.4 is 4.90 Å². The second-order valence-corrected chi connectivity index (χ2v) is 19.7. The number of furan rings is 1. The molecule has 3 heterocycles. The molecule has 76 heavy (non-hydrogen) atoms. The molecule has 0 fully saturated rings. The van der Waals surface area contributed by atoms with Crippen LogP contribution in [-0.2, 0) is 0 Å². The minimum atomic E-state index is 0.908. The van der Waals surface area contributed by atoms with Crippen LogP contribution in [-0.4, -0.2) is 9.13 Å². The summed E-state index contributed by atoms with van der Waals surface area (Å²) in [5.74, 6) is 0. The summed E-state index contributed by atoms with van der Waals surface area (Å²) in [7, 11) is 0. The summed E-state index contributed by atoms with van der Waals surface area (Å²) < 4.78 is 10.9. The SMILES string of the molecule is c1ccc(-n2c3ccccc3c3cc(-c4ccc(N(c5ccc(-c6ccc(-c7ccc8oc9ccccc9c8c7)cc6)cc5)c5ccc(-c6ccc7c8ccccc8n(-c8ccccc8)c7c6)cc5)cc4)ccc32)cc1. The monoisotopic (exact) mass is 969 g/mol. The third kappa shape index (κ3) is 7.30. The van der Waals surface area contributed by atoms with E-state index < -0.39 is 0 Å². The Kier molecular flexibility index (Phi) is 10.2. The lowest BCUT2D eigenvalue weighted by Crippen LogP contribution is -2.09. The van der Waals surface area contributed by atoms with Gasteiger partial charge in [0.05, 0.1) is 22.1 Å². The molecule has 0 aliphatic carbocycles. The summed E-state index contributed by atoms with van der Waals surface area (Å²) >= 11 is 0. The largest absolute Gasteiger partial charge is 0.456 e. The molecule has 15 aromatic rings. The predicted octanol–water partition coefficient (Wildman–Crippen LogP) is 19.9. The summed E-state index contributed by atoms with van der Waals surface area (Å²) in [5, 5.41) is 7.25. The number of benzene rings is 12. The van der Waals surface area contributed by atoms with Crippen molar-refractivity contribution in [3.8, 4) is 55.9 Å². The lowest BCUT2D eigenvalue weighted by Gasteiger charge is -2.26. The highest BCUT2D eigenvalue weighted by molar-refractivity contribution is 6.12. The Bertz CT molecular complexity index is 4640. The van der Waals surface area contributed by atoms with Crippen LogP contribution in [0.15, 0.2) is 290 Å². The molecule has 356 valence electrons. The average molecular weight is 970 g/mol. The van der Waals surface area contributed by atoms with Gasteiger partial charge in [-0.1, -0.05) is 176 Å². The molecule has 0 amide bonds. The average Bonchev–Trinajstić information content (AvgIpc) is 4.20. The number of para-hydroxylation sites is 5. The molecule has 0 saturated heterocycles. The van der Waals surface area contributed by atoms with Crippen molar-refractivity contribution in [2.45, 2.75) is 0 Å². The maximum Gasteiger partial charge on any atom is 0.135 e. The Morgan fingerprint density at radius 1 is 0.224 bits per heavy atom. The van der Waals surface area contributed by atoms with Crippen molar-refractivity contribution in [3.05, 3.63) is 285 Å². The van der Waals surface area contributed by atoms with E-state index in [9.17, 15) is 0 Å². The topological polar surface area (TPSA) is 26.2 Å². The molecule has 0 bridgehead atoms. The minimum absolute atomic E-state index is 0.908. The Morgan fingerprint density at radius 2 is 0.579 bits per heavy atom. The maximum absolute atomic E-state index is 6.12. The smallest absolute Gasteiger partial charge is 0.135 e. The quantitative estimate of drug-likeness (QED) is 0.144. The van der Waals surface area contributed by atoms with Gasteiger partial charge in [0.2, 0.25) is 0 Å². The fourth-order valence-electron chi connectivity index (χ4n) is 11.6. The third-order valence-electron chi connectivity index (χ3n) is 15.3. The summed E-state index contributed by atoms with van der Waals surface area (Å²) in [5.41, 5.74) is 21.5. The summed E-state index contributed by atoms with van der Waals surface area (Å²) in [4.78, 5) is 2.36. The molecule has 0 spiro atoms. The number of hydrogen-bond donors (Lipinski definition) is 0. The van der Waals surface area contributed by atoms with Gasteiger partial charge in [-0.3, -0.25) is 0 Å². The molecule has 0 unspecified atom stereocenters. The first kappa shape index (κ1) is 43.4. The normalized spacial score (nSPS) is 11.7. The maximum atomic E-state index is 6.12. The molecule has 0 N–H and O–H groups in total. The number of aromatic nitrogens is 2. The van der Waals surface area contributed by atoms with E-state index in [0.717, 1.165) is 72.6 Å². The Balaban J connectivity index is 0.785. The molecular formula is C72H47N3O. The van der Waals surface area contributed by atoms with E-state index in [2.05, 4.69) is 287 Å². The minimum Gasteiger partial charge on any atom is -0.456 e. The van der Waals surface area contributed by atoms with Gasteiger partial charge in [-0.05, 0) is 154 Å². The number of anilines is 3. The summed E-state index contributed by atoms with van der Waals surface area (Å²) in [6, 6.07) is 103. The van der Waals surface area contributed by atoms with Crippen molar-refractivity contribution in [3.63, 3.8) is 0 Å². The van der Waals surface area contributed by atoms with Gasteiger partial charge in [-0.25, -0.2) is 0 Å². The van der Waals surface area contributed by atoms with Crippen molar-refractivity contribution in [1.82, 2.24) is 9.13 Å². The molecule has 3 aromatic heterocycles. The molecule has 0 atom stereocenters. The lowest BCUT2D eigenvalue weighted by atomic mass is 9.98. The van der Waals surface area contributed by atoms with E-state index >= 15 is 0 Å². The van der Waals surface area contributed by atoms with Crippen LogP contribution >= 0.6 is 0 Å². The molecule has 15 rings (SSSR count). The van der Waals surface area contributed by atoms with Crippen molar-refractivity contribution in [1.29, 1.82) is 0 Å². The van der Waals surface area contributed by atoms with Crippen LogP contribution in [0.2, 0.25) is 0 Å². The molecule has 0 saturated carbocycles. The highest BCUT2D eigenvalue weighted by Crippen LogP contribution is 2.41. The van der Waals surface area contributed by atoms with E-state index in [0.29, 0.717) is 0 Å². The number of fused-ring (bicyclic) bond motifs is 9. The van der Waals surface area contributed by atoms with Crippen LogP contribution in [0.25, 0.3) is 121 Å². The van der Waals surface area contributed by atoms with Gasteiger partial charge >= 0.3 is 0 Å². The van der Waals surface area contributed by atoms with Crippen LogP contribution in [0.1, 0.15) is 0 Å². The van der Waals surface area contributed by atoms with E-state index in [4.69, 9.17) is 4.42 Å². The molecular weight excluding hydrogens is 923 g/mol. The first-order valence-corrected chi connectivity index (χ1v) is 26.0. The van der Waals surface area contributed by atoms with E-state index in [1.807, 2.05) is 12.1 Å². The van der Waals surface area contributed by atoms with Crippen molar-refractivity contribution >= 4 is 82.6 Å². The van der Waals surface area contributed by atoms with Gasteiger partial charge in [-0.15, -0.1) is 0 Å². The van der Waals surface area contributed by atoms with Gasteiger partial charge in [0, 0.05) is 60.8 Å². The highest BCUT2D eigenvalue weighted by atomic mass is 16.3. The molecule has 4 nitrogen and oxygen atoms in total. The Hall–Kier alpha value is -10.2. The highest BCUT2D eigenvalue weighted by Gasteiger charge is 2.18. The predicted molar refractivity (Wildman–Crippen MR) is 319 cm³/mol. The van der Waals surface area contributed by atoms with E-state index in [-0.39, 0.29) is 0 Å². The second-order valence-electron chi connectivity index (χ2n) is 19.7. The second kappa shape index (κ2) is 17.8. The first-order chi connectivity index (χ1) is 37.7. The van der Waals surface area contributed by atoms with Gasteiger partial charge < -0.3 is 18.5 Å². The standard InChI is InChI=1S/C72H47N3O/c1-3-13-56(14-4-1)74-68-21-11-8-18-62(68)65-45-53(34-43-69(65)74)51-29-38-59(39-30-51)73(58-36-27-49(28-37-58)48-23-25-50(26-24-48)54-35-44-72-66(46-54)64-19-9-12-22-71(64)76-72)60-40-31-52(32-41-60)55-33-42-63-61-17-7-10-20-67(61)75(70(63)47-55)57-15-5-2-6-16-57/h1-47H. The number of nitrogens with zero attached hydrogens (tertiary/aromatic N) is 3. The third-order valence-corrected chi connectivity index (χ3v) is 15.3. The first-order valence-electron chi connectivity index (χ1n) is 26.0. The van der Waals surface area contributed by atoms with Crippen LogP contribution in [0.5, 0.6) is 0 Å². The van der Waals surface area contributed by atoms with Crippen molar-refractivity contribution in [2.24, 2.45) is 0 Å². The Morgan fingerprint density at radius 3 is 1.14 bits per heavy atom. The van der Waals surface area contributed by atoms with Gasteiger partial charge in [0.25, 0.3) is 0 Å².